The average Bonchev–Trinajstić information content (AvgIpc) is 3.38. The van der Waals surface area contributed by atoms with E-state index in [1.165, 1.54) is 0 Å². The lowest BCUT2D eigenvalue weighted by Crippen LogP contribution is -2.64. The second kappa shape index (κ2) is 10.3. The fourth-order valence-corrected chi connectivity index (χ4v) is 5.05. The number of carbonyl (C=O) groups excluding carboxylic acids is 2. The Morgan fingerprint density at radius 1 is 1.00 bits per heavy atom. The average molecular weight is 525 g/mol. The molecule has 2 heterocycles. The molecular weight excluding hydrogens is 492 g/mol. The van der Waals surface area contributed by atoms with Crippen LogP contribution in [0.1, 0.15) is 34.1 Å². The molecule has 0 spiro atoms. The van der Waals surface area contributed by atoms with Crippen LogP contribution >= 0.6 is 0 Å². The molecule has 8 heteroatoms. The quantitative estimate of drug-likeness (QED) is 0.371. The third-order valence-electron chi connectivity index (χ3n) is 7.48. The van der Waals surface area contributed by atoms with Crippen LogP contribution in [0.3, 0.4) is 0 Å². The third-order valence-corrected chi connectivity index (χ3v) is 7.48. The van der Waals surface area contributed by atoms with E-state index in [1.54, 1.807) is 36.8 Å². The minimum Gasteiger partial charge on any atom is -0.497 e. The van der Waals surface area contributed by atoms with Crippen molar-refractivity contribution in [1.82, 2.24) is 15.1 Å². The number of benzene rings is 3. The zero-order valence-corrected chi connectivity index (χ0v) is 22.8. The van der Waals surface area contributed by atoms with E-state index in [9.17, 15) is 9.59 Å². The molecule has 2 amide bonds. The van der Waals surface area contributed by atoms with Crippen molar-refractivity contribution in [3.05, 3.63) is 95.2 Å². The second-order valence-electron chi connectivity index (χ2n) is 9.93. The largest absolute Gasteiger partial charge is 0.497 e. The molecule has 1 aromatic heterocycles. The molecule has 3 aromatic carbocycles. The van der Waals surface area contributed by atoms with Gasteiger partial charge in [0, 0.05) is 23.4 Å². The first-order chi connectivity index (χ1) is 18.8. The summed E-state index contributed by atoms with van der Waals surface area (Å²) in [5.74, 6) is 0.860. The van der Waals surface area contributed by atoms with Gasteiger partial charge in [-0.2, -0.15) is 5.10 Å². The van der Waals surface area contributed by atoms with Crippen molar-refractivity contribution >= 4 is 17.5 Å². The number of nitrogens with one attached hydrogen (secondary N) is 1. The maximum absolute atomic E-state index is 14.2. The van der Waals surface area contributed by atoms with Gasteiger partial charge in [0.2, 0.25) is 5.91 Å². The normalized spacial score (nSPS) is 16.5. The molecule has 1 N–H and O–H groups in total. The highest BCUT2D eigenvalue weighted by atomic mass is 16.5. The Balaban J connectivity index is 1.55. The van der Waals surface area contributed by atoms with Gasteiger partial charge in [0.15, 0.2) is 0 Å². The van der Waals surface area contributed by atoms with Crippen LogP contribution in [-0.4, -0.2) is 41.4 Å². The number of carbonyl (C=O) groups is 2. The molecule has 1 aliphatic rings. The van der Waals surface area contributed by atoms with Gasteiger partial charge in [-0.1, -0.05) is 30.3 Å². The molecule has 0 saturated heterocycles. The summed E-state index contributed by atoms with van der Waals surface area (Å²) in [6.07, 6.45) is 0. The SMILES string of the molecule is COc1ccc(-c2cc3n(n2)C[C@](C)(C(=O)NCc2ccccc2OC)N(c2cccc(C)c2C)C3=O)cc1. The van der Waals surface area contributed by atoms with Crippen molar-refractivity contribution in [2.45, 2.75) is 39.4 Å². The van der Waals surface area contributed by atoms with Crippen LogP contribution < -0.4 is 19.7 Å². The van der Waals surface area contributed by atoms with Crippen molar-refractivity contribution in [3.63, 3.8) is 0 Å². The lowest BCUT2D eigenvalue weighted by atomic mass is 9.92. The summed E-state index contributed by atoms with van der Waals surface area (Å²) < 4.78 is 12.4. The molecule has 1 atom stereocenters. The molecule has 4 aromatic rings. The van der Waals surface area contributed by atoms with Gasteiger partial charge in [-0.05, 0) is 74.4 Å². The number of ether oxygens (including phenoxy) is 2. The standard InChI is InChI=1S/C31H32N4O4/c1-20-9-8-11-26(21(20)2)35-29(36)27-17-25(22-13-15-24(38-4)16-14-22)33-34(27)19-31(35,3)30(37)32-18-23-10-6-7-12-28(23)39-5/h6-17H,18-19H2,1-5H3,(H,32,37)/t31-/m1/s1. The lowest BCUT2D eigenvalue weighted by Gasteiger charge is -2.43. The van der Waals surface area contributed by atoms with Crippen molar-refractivity contribution in [2.75, 3.05) is 19.1 Å². The van der Waals surface area contributed by atoms with Crippen LogP contribution in [0.15, 0.2) is 72.8 Å². The number of nitrogens with zero attached hydrogens (tertiary/aromatic N) is 3. The van der Waals surface area contributed by atoms with E-state index in [2.05, 4.69) is 5.32 Å². The number of amides is 2. The molecule has 5 rings (SSSR count). The summed E-state index contributed by atoms with van der Waals surface area (Å²) in [7, 11) is 3.22. The van der Waals surface area contributed by atoms with E-state index < -0.39 is 5.54 Å². The zero-order valence-electron chi connectivity index (χ0n) is 22.8. The fraction of sp³-hybridized carbons (Fsp3) is 0.258. The summed E-state index contributed by atoms with van der Waals surface area (Å²) in [5, 5.41) is 7.80. The van der Waals surface area contributed by atoms with E-state index in [0.29, 0.717) is 22.8 Å². The van der Waals surface area contributed by atoms with Gasteiger partial charge < -0.3 is 14.8 Å². The smallest absolute Gasteiger partial charge is 0.277 e. The molecule has 39 heavy (non-hydrogen) atoms. The molecule has 0 unspecified atom stereocenters. The van der Waals surface area contributed by atoms with Crippen LogP contribution in [0.5, 0.6) is 11.5 Å². The summed E-state index contributed by atoms with van der Waals surface area (Å²) >= 11 is 0. The molecule has 0 bridgehead atoms. The van der Waals surface area contributed by atoms with Gasteiger partial charge >= 0.3 is 0 Å². The molecule has 200 valence electrons. The van der Waals surface area contributed by atoms with Crippen LogP contribution in [0.25, 0.3) is 11.3 Å². The topological polar surface area (TPSA) is 85.7 Å². The summed E-state index contributed by atoms with van der Waals surface area (Å²) in [5.41, 5.74) is 4.22. The Morgan fingerprint density at radius 3 is 2.46 bits per heavy atom. The number of hydrogen-bond acceptors (Lipinski definition) is 5. The molecule has 0 fully saturated rings. The zero-order chi connectivity index (χ0) is 27.7. The third kappa shape index (κ3) is 4.63. The van der Waals surface area contributed by atoms with Gasteiger partial charge in [-0.25, -0.2) is 0 Å². The van der Waals surface area contributed by atoms with Crippen LogP contribution in [0.4, 0.5) is 5.69 Å². The van der Waals surface area contributed by atoms with Crippen LogP contribution in [0, 0.1) is 13.8 Å². The molecule has 8 nitrogen and oxygen atoms in total. The highest BCUT2D eigenvalue weighted by Crippen LogP contribution is 2.37. The monoisotopic (exact) mass is 524 g/mol. The fourth-order valence-electron chi connectivity index (χ4n) is 5.05. The number of rotatable bonds is 7. The Labute approximate surface area is 228 Å². The highest BCUT2D eigenvalue weighted by molar-refractivity contribution is 6.12. The maximum atomic E-state index is 14.2. The summed E-state index contributed by atoms with van der Waals surface area (Å²) in [4.78, 5) is 29.8. The molecule has 1 aliphatic heterocycles. The summed E-state index contributed by atoms with van der Waals surface area (Å²) in [6.45, 7) is 6.21. The van der Waals surface area contributed by atoms with Gasteiger partial charge in [0.1, 0.15) is 22.7 Å². The first-order valence-electron chi connectivity index (χ1n) is 12.8. The molecular formula is C31H32N4O4. The predicted molar refractivity (Wildman–Crippen MR) is 150 cm³/mol. The lowest BCUT2D eigenvalue weighted by molar-refractivity contribution is -0.126. The number of para-hydroxylation sites is 1. The van der Waals surface area contributed by atoms with Crippen LogP contribution in [0.2, 0.25) is 0 Å². The van der Waals surface area contributed by atoms with Crippen LogP contribution in [-0.2, 0) is 17.9 Å². The van der Waals surface area contributed by atoms with E-state index in [-0.39, 0.29) is 24.9 Å². The van der Waals surface area contributed by atoms with Crippen molar-refractivity contribution in [2.24, 2.45) is 0 Å². The number of aromatic nitrogens is 2. The van der Waals surface area contributed by atoms with Crippen molar-refractivity contribution in [1.29, 1.82) is 0 Å². The first kappa shape index (κ1) is 26.0. The van der Waals surface area contributed by atoms with E-state index in [4.69, 9.17) is 14.6 Å². The molecule has 0 radical (unpaired) electrons. The molecule has 0 aliphatic carbocycles. The highest BCUT2D eigenvalue weighted by Gasteiger charge is 2.49. The first-order valence-corrected chi connectivity index (χ1v) is 12.8. The number of aryl methyl sites for hydroxylation is 1. The Bertz CT molecular complexity index is 1540. The van der Waals surface area contributed by atoms with Gasteiger partial charge in [-0.15, -0.1) is 0 Å². The number of hydrogen-bond donors (Lipinski definition) is 1. The predicted octanol–water partition coefficient (Wildman–Crippen LogP) is 4.92. The van der Waals surface area contributed by atoms with E-state index in [0.717, 1.165) is 28.0 Å². The second-order valence-corrected chi connectivity index (χ2v) is 9.93. The number of fused-ring (bicyclic) bond motifs is 1. The minimum absolute atomic E-state index is 0.190. The molecule has 0 saturated carbocycles. The maximum Gasteiger partial charge on any atom is 0.277 e. The van der Waals surface area contributed by atoms with Crippen molar-refractivity contribution < 1.29 is 19.1 Å². The van der Waals surface area contributed by atoms with Gasteiger partial charge in [0.25, 0.3) is 5.91 Å². The Hall–Kier alpha value is -4.59. The van der Waals surface area contributed by atoms with E-state index in [1.807, 2.05) is 80.6 Å². The van der Waals surface area contributed by atoms with Gasteiger partial charge in [0.05, 0.1) is 26.5 Å². The minimum atomic E-state index is -1.24. The number of methoxy groups -OCH3 is 2. The Kier molecular flexibility index (Phi) is 6.87. The summed E-state index contributed by atoms with van der Waals surface area (Å²) in [6, 6.07) is 22.6. The Morgan fingerprint density at radius 2 is 1.74 bits per heavy atom. The van der Waals surface area contributed by atoms with E-state index >= 15 is 0 Å². The number of anilines is 1. The van der Waals surface area contributed by atoms with Crippen molar-refractivity contribution in [3.8, 4) is 22.8 Å². The van der Waals surface area contributed by atoms with Gasteiger partial charge in [-0.3, -0.25) is 19.2 Å².